The first kappa shape index (κ1) is 21.1. The van der Waals surface area contributed by atoms with E-state index in [1.165, 1.54) is 24.3 Å². The van der Waals surface area contributed by atoms with Crippen molar-refractivity contribution in [3.8, 4) is 0 Å². The van der Waals surface area contributed by atoms with Crippen LogP contribution in [0.4, 0.5) is 10.1 Å². The molecule has 0 saturated carbocycles. The number of amidine groups is 1. The van der Waals surface area contributed by atoms with Gasteiger partial charge in [0, 0.05) is 5.69 Å². The quantitative estimate of drug-likeness (QED) is 0.696. The van der Waals surface area contributed by atoms with Crippen molar-refractivity contribution in [2.24, 2.45) is 16.3 Å². The lowest BCUT2D eigenvalue weighted by molar-refractivity contribution is -0.145. The molecule has 1 heterocycles. The first-order valence-corrected chi connectivity index (χ1v) is 9.94. The van der Waals surface area contributed by atoms with Gasteiger partial charge in [0.1, 0.15) is 11.2 Å². The van der Waals surface area contributed by atoms with E-state index in [1.807, 2.05) is 20.8 Å². The zero-order valence-corrected chi connectivity index (χ0v) is 16.5. The van der Waals surface area contributed by atoms with Gasteiger partial charge < -0.3 is 10.6 Å². The molecule has 0 bridgehead atoms. The lowest BCUT2D eigenvalue weighted by Gasteiger charge is -2.36. The van der Waals surface area contributed by atoms with Crippen LogP contribution in [0.5, 0.6) is 0 Å². The Bertz CT molecular complexity index is 751. The van der Waals surface area contributed by atoms with Crippen molar-refractivity contribution in [3.05, 3.63) is 30.1 Å². The van der Waals surface area contributed by atoms with E-state index < -0.39 is 17.1 Å². The molecule has 1 aliphatic rings. The summed E-state index contributed by atoms with van der Waals surface area (Å²) >= 11 is 0.983. The standard InChI is InChI=1S/C19H24FN3O3S/c1-4-6-12(3)19(5-2)16(25)22-18(23-17(19)26)27-11-15(24)21-14-9-7-13(20)8-10-14/h7-10,12H,4-6,11H2,1-3H3,(H,21,24)(H,22,23,25,26). The molecular weight excluding hydrogens is 369 g/mol. The second kappa shape index (κ2) is 9.12. The van der Waals surface area contributed by atoms with Crippen molar-refractivity contribution >= 4 is 40.3 Å². The monoisotopic (exact) mass is 393 g/mol. The van der Waals surface area contributed by atoms with Crippen LogP contribution in [0.1, 0.15) is 40.0 Å². The van der Waals surface area contributed by atoms with Crippen LogP contribution in [-0.2, 0) is 14.4 Å². The first-order chi connectivity index (χ1) is 12.8. The Kier molecular flexibility index (Phi) is 7.12. The zero-order valence-electron chi connectivity index (χ0n) is 15.7. The summed E-state index contributed by atoms with van der Waals surface area (Å²) in [7, 11) is 0. The summed E-state index contributed by atoms with van der Waals surface area (Å²) in [6.07, 6.45) is 2.01. The van der Waals surface area contributed by atoms with Gasteiger partial charge in [-0.25, -0.2) is 4.39 Å². The van der Waals surface area contributed by atoms with Crippen LogP contribution in [0.15, 0.2) is 29.3 Å². The number of thioether (sulfide) groups is 1. The molecule has 3 amide bonds. The molecule has 0 spiro atoms. The summed E-state index contributed by atoms with van der Waals surface area (Å²) in [5, 5.41) is 5.42. The molecule has 0 aromatic heterocycles. The van der Waals surface area contributed by atoms with E-state index in [2.05, 4.69) is 15.6 Å². The maximum absolute atomic E-state index is 12.9. The summed E-state index contributed by atoms with van der Waals surface area (Å²) in [4.78, 5) is 41.4. The van der Waals surface area contributed by atoms with Gasteiger partial charge in [0.2, 0.25) is 11.8 Å². The fourth-order valence-electron chi connectivity index (χ4n) is 3.23. The van der Waals surface area contributed by atoms with Gasteiger partial charge in [0.05, 0.1) is 5.75 Å². The van der Waals surface area contributed by atoms with Gasteiger partial charge in [-0.3, -0.25) is 14.4 Å². The number of hydrogen-bond donors (Lipinski definition) is 2. The molecule has 1 aliphatic heterocycles. The molecule has 2 N–H and O–H groups in total. The highest BCUT2D eigenvalue weighted by Gasteiger charge is 2.51. The third-order valence-electron chi connectivity index (χ3n) is 4.80. The molecule has 2 atom stereocenters. The average molecular weight is 393 g/mol. The van der Waals surface area contributed by atoms with Crippen molar-refractivity contribution in [1.82, 2.24) is 5.32 Å². The van der Waals surface area contributed by atoms with Crippen LogP contribution in [0.2, 0.25) is 0 Å². The number of carbonyl (C=O) groups is 3. The third kappa shape index (κ3) is 4.74. The summed E-state index contributed by atoms with van der Waals surface area (Å²) in [6, 6.07) is 5.39. The molecular formula is C19H24FN3O3S. The molecule has 2 unspecified atom stereocenters. The molecule has 146 valence electrons. The number of amides is 3. The van der Waals surface area contributed by atoms with Crippen LogP contribution in [0.25, 0.3) is 0 Å². The van der Waals surface area contributed by atoms with Crippen molar-refractivity contribution in [2.75, 3.05) is 11.1 Å². The zero-order chi connectivity index (χ0) is 20.0. The van der Waals surface area contributed by atoms with E-state index in [0.717, 1.165) is 24.6 Å². The Labute approximate surface area is 162 Å². The molecule has 0 radical (unpaired) electrons. The second-order valence-electron chi connectivity index (χ2n) is 6.53. The minimum absolute atomic E-state index is 0.0343. The number of nitrogens with one attached hydrogen (secondary N) is 2. The molecule has 1 aromatic rings. The van der Waals surface area contributed by atoms with Crippen molar-refractivity contribution in [2.45, 2.75) is 40.0 Å². The highest BCUT2D eigenvalue weighted by molar-refractivity contribution is 8.14. The molecule has 1 aromatic carbocycles. The minimum atomic E-state index is -1.14. The van der Waals surface area contributed by atoms with Gasteiger partial charge >= 0.3 is 0 Å². The predicted octanol–water partition coefficient (Wildman–Crippen LogP) is 3.34. The van der Waals surface area contributed by atoms with Crippen LogP contribution < -0.4 is 10.6 Å². The second-order valence-corrected chi connectivity index (χ2v) is 7.50. The van der Waals surface area contributed by atoms with E-state index in [-0.39, 0.29) is 28.7 Å². The lowest BCUT2D eigenvalue weighted by Crippen LogP contribution is -2.54. The summed E-state index contributed by atoms with van der Waals surface area (Å²) in [5.41, 5.74) is -0.678. The van der Waals surface area contributed by atoms with Crippen LogP contribution in [-0.4, -0.2) is 28.6 Å². The van der Waals surface area contributed by atoms with Crippen molar-refractivity contribution in [1.29, 1.82) is 0 Å². The molecule has 6 nitrogen and oxygen atoms in total. The fourth-order valence-corrected chi connectivity index (χ4v) is 3.88. The average Bonchev–Trinajstić information content (AvgIpc) is 2.62. The Hall–Kier alpha value is -2.22. The number of rotatable bonds is 7. The predicted molar refractivity (Wildman–Crippen MR) is 105 cm³/mol. The van der Waals surface area contributed by atoms with Gasteiger partial charge in [-0.2, -0.15) is 4.99 Å². The van der Waals surface area contributed by atoms with Gasteiger partial charge in [0.15, 0.2) is 5.17 Å². The molecule has 8 heteroatoms. The first-order valence-electron chi connectivity index (χ1n) is 8.96. The third-order valence-corrected chi connectivity index (χ3v) is 5.67. The number of benzene rings is 1. The van der Waals surface area contributed by atoms with Crippen molar-refractivity contribution < 1.29 is 18.8 Å². The number of halogens is 1. The van der Waals surface area contributed by atoms with Gasteiger partial charge in [-0.1, -0.05) is 39.0 Å². The highest BCUT2D eigenvalue weighted by Crippen LogP contribution is 2.38. The lowest BCUT2D eigenvalue weighted by atomic mass is 9.70. The highest BCUT2D eigenvalue weighted by atomic mass is 32.2. The minimum Gasteiger partial charge on any atom is -0.325 e. The Balaban J connectivity index is 2.01. The normalized spacial score (nSPS) is 20.7. The SMILES string of the molecule is CCCC(C)C1(CC)C(=O)N=C(SCC(=O)Nc2ccc(F)cc2)NC1=O. The fraction of sp³-hybridized carbons (Fsp3) is 0.474. The topological polar surface area (TPSA) is 87.6 Å². The van der Waals surface area contributed by atoms with Crippen LogP contribution in [0.3, 0.4) is 0 Å². The van der Waals surface area contributed by atoms with Crippen LogP contribution in [0, 0.1) is 17.2 Å². The Morgan fingerprint density at radius 3 is 2.52 bits per heavy atom. The largest absolute Gasteiger partial charge is 0.325 e. The number of anilines is 1. The number of nitrogens with zero attached hydrogens (tertiary/aromatic N) is 1. The van der Waals surface area contributed by atoms with Crippen LogP contribution >= 0.6 is 11.8 Å². The van der Waals surface area contributed by atoms with Gasteiger partial charge in [-0.05, 0) is 43.0 Å². The smallest absolute Gasteiger partial charge is 0.264 e. The molecule has 27 heavy (non-hydrogen) atoms. The summed E-state index contributed by atoms with van der Waals surface area (Å²) in [5.74, 6) is -1.69. The molecule has 0 fully saturated rings. The van der Waals surface area contributed by atoms with Crippen molar-refractivity contribution in [3.63, 3.8) is 0 Å². The maximum Gasteiger partial charge on any atom is 0.264 e. The summed E-state index contributed by atoms with van der Waals surface area (Å²) in [6.45, 7) is 5.72. The van der Waals surface area contributed by atoms with Gasteiger partial charge in [0.25, 0.3) is 5.91 Å². The molecule has 2 rings (SSSR count). The molecule has 0 aliphatic carbocycles. The van der Waals surface area contributed by atoms with E-state index >= 15 is 0 Å². The van der Waals surface area contributed by atoms with E-state index in [4.69, 9.17) is 0 Å². The van der Waals surface area contributed by atoms with E-state index in [9.17, 15) is 18.8 Å². The summed E-state index contributed by atoms with van der Waals surface area (Å²) < 4.78 is 12.9. The molecule has 0 saturated heterocycles. The van der Waals surface area contributed by atoms with Gasteiger partial charge in [-0.15, -0.1) is 0 Å². The number of carbonyl (C=O) groups excluding carboxylic acids is 3. The van der Waals surface area contributed by atoms with E-state index in [0.29, 0.717) is 12.1 Å². The Morgan fingerprint density at radius 2 is 1.96 bits per heavy atom. The Morgan fingerprint density at radius 1 is 1.30 bits per heavy atom. The van der Waals surface area contributed by atoms with E-state index in [1.54, 1.807) is 0 Å². The number of aliphatic imine (C=N–C) groups is 1. The number of hydrogen-bond acceptors (Lipinski definition) is 4. The maximum atomic E-state index is 12.9.